The summed E-state index contributed by atoms with van der Waals surface area (Å²) in [5.74, 6) is -0.764. The summed E-state index contributed by atoms with van der Waals surface area (Å²) in [7, 11) is 0. The molecule has 9 heteroatoms. The van der Waals surface area contributed by atoms with Crippen LogP contribution in [0, 0.1) is 13.8 Å². The zero-order valence-corrected chi connectivity index (χ0v) is 19.8. The van der Waals surface area contributed by atoms with Gasteiger partial charge in [-0.15, -0.1) is 11.3 Å². The molecule has 8 nitrogen and oxygen atoms in total. The van der Waals surface area contributed by atoms with Crippen LogP contribution in [0.2, 0.25) is 0 Å². The van der Waals surface area contributed by atoms with Crippen LogP contribution < -0.4 is 5.32 Å². The van der Waals surface area contributed by atoms with E-state index in [2.05, 4.69) is 15.3 Å². The van der Waals surface area contributed by atoms with E-state index < -0.39 is 18.1 Å². The van der Waals surface area contributed by atoms with Crippen molar-refractivity contribution in [2.75, 3.05) is 6.54 Å². The largest absolute Gasteiger partial charge is 0.448 e. The molecule has 4 rings (SSSR count). The number of rotatable bonds is 7. The van der Waals surface area contributed by atoms with Crippen molar-refractivity contribution in [2.45, 2.75) is 58.2 Å². The Hall–Kier alpha value is -3.04. The van der Waals surface area contributed by atoms with Gasteiger partial charge in [-0.05, 0) is 31.4 Å². The zero-order valence-electron chi connectivity index (χ0n) is 18.9. The molecular weight excluding hydrogens is 440 g/mol. The third-order valence-electron chi connectivity index (χ3n) is 5.93. The number of oxazole rings is 1. The molecule has 1 aliphatic rings. The number of aliphatic hydroxyl groups is 1. The van der Waals surface area contributed by atoms with Gasteiger partial charge in [0.05, 0.1) is 27.9 Å². The van der Waals surface area contributed by atoms with Crippen molar-refractivity contribution in [2.24, 2.45) is 0 Å². The van der Waals surface area contributed by atoms with Crippen LogP contribution in [-0.4, -0.2) is 50.5 Å². The summed E-state index contributed by atoms with van der Waals surface area (Å²) in [5, 5.41) is 13.1. The van der Waals surface area contributed by atoms with Gasteiger partial charge in [0.15, 0.2) is 0 Å². The number of hydrogen-bond acceptors (Lipinski definition) is 7. The predicted octanol–water partition coefficient (Wildman–Crippen LogP) is 3.19. The first-order valence-electron chi connectivity index (χ1n) is 11.0. The van der Waals surface area contributed by atoms with Gasteiger partial charge < -0.3 is 19.7 Å². The number of hydrogen-bond donors (Lipinski definition) is 2. The molecule has 0 unspecified atom stereocenters. The number of benzene rings is 1. The quantitative estimate of drug-likeness (QED) is 0.551. The van der Waals surface area contributed by atoms with Crippen molar-refractivity contribution in [3.05, 3.63) is 58.9 Å². The maximum absolute atomic E-state index is 13.2. The lowest BCUT2D eigenvalue weighted by atomic mass is 10.0. The number of thiazole rings is 1. The zero-order chi connectivity index (χ0) is 23.5. The first kappa shape index (κ1) is 23.1. The molecule has 0 spiro atoms. The van der Waals surface area contributed by atoms with Gasteiger partial charge in [-0.1, -0.05) is 31.2 Å². The smallest absolute Gasteiger partial charge is 0.243 e. The number of aryl methyl sites for hydroxylation is 2. The van der Waals surface area contributed by atoms with E-state index in [0.717, 1.165) is 21.7 Å². The molecule has 33 heavy (non-hydrogen) atoms. The summed E-state index contributed by atoms with van der Waals surface area (Å²) in [6.07, 6.45) is 1.47. The van der Waals surface area contributed by atoms with Crippen LogP contribution in [0.1, 0.15) is 48.5 Å². The van der Waals surface area contributed by atoms with E-state index in [1.807, 2.05) is 43.6 Å². The number of nitrogens with zero attached hydrogens (tertiary/aromatic N) is 3. The van der Waals surface area contributed by atoms with E-state index in [1.54, 1.807) is 18.3 Å². The predicted molar refractivity (Wildman–Crippen MR) is 125 cm³/mol. The van der Waals surface area contributed by atoms with E-state index in [0.29, 0.717) is 24.6 Å². The molecule has 1 fully saturated rings. The summed E-state index contributed by atoms with van der Waals surface area (Å²) in [6, 6.07) is 7.25. The van der Waals surface area contributed by atoms with Gasteiger partial charge in [-0.25, -0.2) is 9.97 Å². The topological polar surface area (TPSA) is 109 Å². The molecule has 2 aromatic heterocycles. The van der Waals surface area contributed by atoms with Gasteiger partial charge in [0.1, 0.15) is 18.2 Å². The van der Waals surface area contributed by atoms with Crippen molar-refractivity contribution in [3.63, 3.8) is 0 Å². The summed E-state index contributed by atoms with van der Waals surface area (Å²) < 4.78 is 5.44. The molecule has 1 aliphatic heterocycles. The van der Waals surface area contributed by atoms with Crippen molar-refractivity contribution >= 4 is 23.2 Å². The SMILES string of the molecule is CC[C@@H](C(=O)N1C[C@H](O)C[C@H]1C(=O)NCc1ccc(-c2scnc2C)cc1)c1nc(C)co1. The summed E-state index contributed by atoms with van der Waals surface area (Å²) in [4.78, 5) is 37.4. The number of carbonyl (C=O) groups excluding carboxylic acids is 2. The van der Waals surface area contributed by atoms with Crippen molar-refractivity contribution in [1.29, 1.82) is 0 Å². The highest BCUT2D eigenvalue weighted by atomic mass is 32.1. The molecule has 1 aromatic carbocycles. The van der Waals surface area contributed by atoms with Gasteiger partial charge in [0, 0.05) is 19.5 Å². The minimum atomic E-state index is -0.740. The van der Waals surface area contributed by atoms with Crippen LogP contribution in [0.5, 0.6) is 0 Å². The second kappa shape index (κ2) is 9.84. The van der Waals surface area contributed by atoms with Crippen LogP contribution in [0.4, 0.5) is 0 Å². The number of aromatic nitrogens is 2. The van der Waals surface area contributed by atoms with Crippen LogP contribution in [0.15, 0.2) is 40.5 Å². The Balaban J connectivity index is 1.41. The minimum Gasteiger partial charge on any atom is -0.448 e. The molecule has 2 N–H and O–H groups in total. The first-order chi connectivity index (χ1) is 15.9. The van der Waals surface area contributed by atoms with Crippen molar-refractivity contribution < 1.29 is 19.1 Å². The van der Waals surface area contributed by atoms with E-state index in [-0.39, 0.29) is 24.8 Å². The Kier molecular flexibility index (Phi) is 6.90. The molecule has 0 saturated carbocycles. The molecule has 3 atom stereocenters. The first-order valence-corrected chi connectivity index (χ1v) is 11.9. The summed E-state index contributed by atoms with van der Waals surface area (Å²) >= 11 is 1.60. The molecule has 174 valence electrons. The van der Waals surface area contributed by atoms with Crippen LogP contribution in [0.3, 0.4) is 0 Å². The molecule has 3 heterocycles. The Morgan fingerprint density at radius 2 is 2.06 bits per heavy atom. The van der Waals surface area contributed by atoms with Crippen LogP contribution in [0.25, 0.3) is 10.4 Å². The molecule has 3 aromatic rings. The van der Waals surface area contributed by atoms with Gasteiger partial charge in [-0.3, -0.25) is 9.59 Å². The number of β-amino-alcohol motifs (C(OH)–C–C–N with tert-alkyl or cyclic N) is 1. The van der Waals surface area contributed by atoms with Crippen LogP contribution in [-0.2, 0) is 16.1 Å². The number of likely N-dealkylation sites (tertiary alicyclic amines) is 1. The van der Waals surface area contributed by atoms with E-state index in [1.165, 1.54) is 11.2 Å². The molecule has 2 amide bonds. The normalized spacial score (nSPS) is 19.0. The van der Waals surface area contributed by atoms with Gasteiger partial charge in [-0.2, -0.15) is 0 Å². The van der Waals surface area contributed by atoms with Gasteiger partial charge >= 0.3 is 0 Å². The van der Waals surface area contributed by atoms with Crippen molar-refractivity contribution in [1.82, 2.24) is 20.2 Å². The van der Waals surface area contributed by atoms with E-state index >= 15 is 0 Å². The Labute approximate surface area is 196 Å². The second-order valence-corrected chi connectivity index (χ2v) is 9.22. The maximum Gasteiger partial charge on any atom is 0.243 e. The molecular formula is C24H28N4O4S. The standard InChI is InChI=1S/C24H28N4O4S/c1-4-19(23-27-14(2)12-32-23)24(31)28-11-18(29)9-20(28)22(30)25-10-16-5-7-17(8-6-16)21-15(3)26-13-33-21/h5-8,12-13,18-20,29H,4,9-11H2,1-3H3,(H,25,30)/t18-,19-,20+/m1/s1. The molecule has 1 saturated heterocycles. The number of nitrogens with one attached hydrogen (secondary N) is 1. The lowest BCUT2D eigenvalue weighted by Gasteiger charge is -2.26. The fourth-order valence-corrected chi connectivity index (χ4v) is 4.96. The summed E-state index contributed by atoms with van der Waals surface area (Å²) in [5.41, 5.74) is 5.56. The lowest BCUT2D eigenvalue weighted by Crippen LogP contribution is -2.47. The van der Waals surface area contributed by atoms with E-state index in [4.69, 9.17) is 4.42 Å². The Bertz CT molecular complexity index is 1120. The summed E-state index contributed by atoms with van der Waals surface area (Å²) in [6.45, 7) is 6.11. The monoisotopic (exact) mass is 468 g/mol. The fourth-order valence-electron chi connectivity index (χ4n) is 4.15. The molecule has 0 radical (unpaired) electrons. The average Bonchev–Trinajstić information content (AvgIpc) is 3.53. The maximum atomic E-state index is 13.2. The number of amides is 2. The highest BCUT2D eigenvalue weighted by Crippen LogP contribution is 2.28. The van der Waals surface area contributed by atoms with Crippen LogP contribution >= 0.6 is 11.3 Å². The lowest BCUT2D eigenvalue weighted by molar-refractivity contribution is -0.140. The van der Waals surface area contributed by atoms with Gasteiger partial charge in [0.2, 0.25) is 17.7 Å². The Morgan fingerprint density at radius 3 is 2.67 bits per heavy atom. The highest BCUT2D eigenvalue weighted by molar-refractivity contribution is 7.13. The highest BCUT2D eigenvalue weighted by Gasteiger charge is 2.42. The molecule has 0 bridgehead atoms. The Morgan fingerprint density at radius 1 is 1.30 bits per heavy atom. The fraction of sp³-hybridized carbons (Fsp3) is 0.417. The van der Waals surface area contributed by atoms with Crippen molar-refractivity contribution in [3.8, 4) is 10.4 Å². The van der Waals surface area contributed by atoms with Gasteiger partial charge in [0.25, 0.3) is 0 Å². The third-order valence-corrected chi connectivity index (χ3v) is 6.91. The second-order valence-electron chi connectivity index (χ2n) is 8.37. The third kappa shape index (κ3) is 4.99. The average molecular weight is 469 g/mol. The molecule has 0 aliphatic carbocycles. The minimum absolute atomic E-state index is 0.121. The van der Waals surface area contributed by atoms with E-state index in [9.17, 15) is 14.7 Å². The number of carbonyl (C=O) groups is 2. The number of aliphatic hydroxyl groups excluding tert-OH is 1.